The first kappa shape index (κ1) is 14.4. The molecule has 0 saturated heterocycles. The maximum Gasteiger partial charge on any atom is 0.176 e. The van der Waals surface area contributed by atoms with Gasteiger partial charge in [0.05, 0.1) is 12.6 Å². The smallest absolute Gasteiger partial charge is 0.176 e. The van der Waals surface area contributed by atoms with Crippen LogP contribution in [-0.2, 0) is 0 Å². The zero-order chi connectivity index (χ0) is 14.4. The average molecular weight is 269 g/mol. The molecule has 0 spiro atoms. The van der Waals surface area contributed by atoms with E-state index in [1.165, 1.54) is 0 Å². The van der Waals surface area contributed by atoms with Crippen LogP contribution in [0.3, 0.4) is 0 Å². The van der Waals surface area contributed by atoms with Gasteiger partial charge < -0.3 is 10.4 Å². The zero-order valence-electron chi connectivity index (χ0n) is 11.5. The van der Waals surface area contributed by atoms with Crippen molar-refractivity contribution in [2.24, 2.45) is 0 Å². The molecule has 0 amide bonds. The van der Waals surface area contributed by atoms with Gasteiger partial charge >= 0.3 is 0 Å². The maximum atomic E-state index is 11.9. The molecule has 104 valence electrons. The number of hydrogen-bond donors (Lipinski definition) is 2. The highest BCUT2D eigenvalue weighted by Gasteiger charge is 2.09. The van der Waals surface area contributed by atoms with Crippen LogP contribution in [0.1, 0.15) is 27.6 Å². The van der Waals surface area contributed by atoms with Crippen molar-refractivity contribution in [1.29, 1.82) is 0 Å². The highest BCUT2D eigenvalue weighted by atomic mass is 16.3. The van der Waals surface area contributed by atoms with Crippen molar-refractivity contribution >= 4 is 5.78 Å². The second kappa shape index (κ2) is 6.98. The van der Waals surface area contributed by atoms with Crippen LogP contribution in [-0.4, -0.2) is 24.0 Å². The summed E-state index contributed by atoms with van der Waals surface area (Å²) < 4.78 is 0. The molecular formula is C17H19NO2. The molecule has 0 aromatic heterocycles. The van der Waals surface area contributed by atoms with Crippen LogP contribution in [0.5, 0.6) is 0 Å². The summed E-state index contributed by atoms with van der Waals surface area (Å²) in [4.78, 5) is 11.9. The lowest BCUT2D eigenvalue weighted by Gasteiger charge is -2.12. The third kappa shape index (κ3) is 4.02. The van der Waals surface area contributed by atoms with Gasteiger partial charge in [0.2, 0.25) is 0 Å². The molecule has 0 unspecified atom stereocenters. The summed E-state index contributed by atoms with van der Waals surface area (Å²) in [6.07, 6.45) is -0.598. The topological polar surface area (TPSA) is 49.3 Å². The average Bonchev–Trinajstić information content (AvgIpc) is 2.48. The molecule has 2 aromatic carbocycles. The van der Waals surface area contributed by atoms with E-state index < -0.39 is 6.10 Å². The molecular weight excluding hydrogens is 250 g/mol. The Morgan fingerprint density at radius 2 is 1.75 bits per heavy atom. The van der Waals surface area contributed by atoms with Gasteiger partial charge in [-0.05, 0) is 12.5 Å². The summed E-state index contributed by atoms with van der Waals surface area (Å²) in [5.41, 5.74) is 2.70. The fourth-order valence-electron chi connectivity index (χ4n) is 1.95. The molecule has 2 N–H and O–H groups in total. The van der Waals surface area contributed by atoms with E-state index >= 15 is 0 Å². The van der Waals surface area contributed by atoms with Crippen molar-refractivity contribution in [1.82, 2.24) is 5.32 Å². The first-order valence-electron chi connectivity index (χ1n) is 6.70. The lowest BCUT2D eigenvalue weighted by molar-refractivity contribution is 0.0983. The Hall–Kier alpha value is -1.97. The minimum atomic E-state index is -0.598. The molecule has 0 saturated carbocycles. The van der Waals surface area contributed by atoms with E-state index in [0.29, 0.717) is 12.1 Å². The van der Waals surface area contributed by atoms with Crippen LogP contribution in [0.15, 0.2) is 54.6 Å². The number of benzene rings is 2. The first-order valence-corrected chi connectivity index (χ1v) is 6.70. The number of Topliss-reactive ketones (excluding diaryl/α,β-unsaturated/α-hetero) is 1. The normalized spacial score (nSPS) is 12.1. The van der Waals surface area contributed by atoms with Gasteiger partial charge in [-0.1, -0.05) is 60.2 Å². The summed E-state index contributed by atoms with van der Waals surface area (Å²) in [5.74, 6) is 0.0294. The predicted octanol–water partition coefficient (Wildman–Crippen LogP) is 2.50. The summed E-state index contributed by atoms with van der Waals surface area (Å²) in [6.45, 7) is 2.60. The number of hydrogen-bond acceptors (Lipinski definition) is 3. The zero-order valence-corrected chi connectivity index (χ0v) is 11.5. The van der Waals surface area contributed by atoms with Gasteiger partial charge in [-0.2, -0.15) is 0 Å². The van der Waals surface area contributed by atoms with Crippen LogP contribution in [0.25, 0.3) is 0 Å². The fraction of sp³-hybridized carbons (Fsp3) is 0.235. The molecule has 0 radical (unpaired) electrons. The Labute approximate surface area is 119 Å². The molecule has 3 nitrogen and oxygen atoms in total. The highest BCUT2D eigenvalue weighted by Crippen LogP contribution is 2.12. The minimum absolute atomic E-state index is 0.0294. The second-order valence-corrected chi connectivity index (χ2v) is 4.85. The second-order valence-electron chi connectivity index (χ2n) is 4.85. The van der Waals surface area contributed by atoms with Crippen molar-refractivity contribution in [2.45, 2.75) is 13.0 Å². The monoisotopic (exact) mass is 269 g/mol. The molecule has 20 heavy (non-hydrogen) atoms. The van der Waals surface area contributed by atoms with Crippen LogP contribution in [0.4, 0.5) is 0 Å². The van der Waals surface area contributed by atoms with E-state index in [1.54, 1.807) is 12.1 Å². The summed E-state index contributed by atoms with van der Waals surface area (Å²) in [7, 11) is 0. The quantitative estimate of drug-likeness (QED) is 0.792. The lowest BCUT2D eigenvalue weighted by atomic mass is 10.1. The molecule has 1 atom stereocenters. The van der Waals surface area contributed by atoms with Gasteiger partial charge in [-0.15, -0.1) is 0 Å². The largest absolute Gasteiger partial charge is 0.387 e. The van der Waals surface area contributed by atoms with Crippen molar-refractivity contribution < 1.29 is 9.90 Å². The van der Waals surface area contributed by atoms with Crippen molar-refractivity contribution in [3.05, 3.63) is 71.3 Å². The Kier molecular flexibility index (Phi) is 5.04. The van der Waals surface area contributed by atoms with Crippen molar-refractivity contribution in [3.63, 3.8) is 0 Å². The Bertz CT molecular complexity index is 549. The number of rotatable bonds is 6. The van der Waals surface area contributed by atoms with Crippen LogP contribution >= 0.6 is 0 Å². The summed E-state index contributed by atoms with van der Waals surface area (Å²) >= 11 is 0. The third-order valence-electron chi connectivity index (χ3n) is 3.18. The van der Waals surface area contributed by atoms with E-state index in [4.69, 9.17) is 0 Å². The minimum Gasteiger partial charge on any atom is -0.387 e. The Balaban J connectivity index is 1.81. The number of carbonyl (C=O) groups is 1. The standard InChI is InChI=1S/C17H19NO2/c1-13-7-9-15(10-8-13)17(20)12-18-11-16(19)14-5-3-2-4-6-14/h2-10,17-18,20H,11-12H2,1H3/t17-/m1/s1. The van der Waals surface area contributed by atoms with Crippen molar-refractivity contribution in [3.8, 4) is 0 Å². The van der Waals surface area contributed by atoms with Gasteiger partial charge in [0.1, 0.15) is 0 Å². The number of nitrogens with one attached hydrogen (secondary N) is 1. The van der Waals surface area contributed by atoms with E-state index in [0.717, 1.165) is 11.1 Å². The molecule has 0 aliphatic rings. The summed E-state index contributed by atoms with van der Waals surface area (Å²) in [6, 6.07) is 16.9. The molecule has 0 aliphatic carbocycles. The molecule has 0 bridgehead atoms. The molecule has 3 heteroatoms. The Morgan fingerprint density at radius 1 is 1.10 bits per heavy atom. The van der Waals surface area contributed by atoms with Crippen LogP contribution < -0.4 is 5.32 Å². The number of aliphatic hydroxyl groups excluding tert-OH is 1. The van der Waals surface area contributed by atoms with Gasteiger partial charge in [-0.3, -0.25) is 4.79 Å². The maximum absolute atomic E-state index is 11.9. The molecule has 2 rings (SSSR count). The van der Waals surface area contributed by atoms with Gasteiger partial charge in [0, 0.05) is 12.1 Å². The Morgan fingerprint density at radius 3 is 2.40 bits per heavy atom. The lowest BCUT2D eigenvalue weighted by Crippen LogP contribution is -2.27. The van der Waals surface area contributed by atoms with Crippen LogP contribution in [0, 0.1) is 6.92 Å². The van der Waals surface area contributed by atoms with Gasteiger partial charge in [0.25, 0.3) is 0 Å². The first-order chi connectivity index (χ1) is 9.66. The van der Waals surface area contributed by atoms with E-state index in [-0.39, 0.29) is 12.3 Å². The number of ketones is 1. The third-order valence-corrected chi connectivity index (χ3v) is 3.18. The highest BCUT2D eigenvalue weighted by molar-refractivity contribution is 5.97. The summed E-state index contributed by atoms with van der Waals surface area (Å²) in [5, 5.41) is 13.0. The SMILES string of the molecule is Cc1ccc([C@H](O)CNCC(=O)c2ccccc2)cc1. The molecule has 0 heterocycles. The van der Waals surface area contributed by atoms with Gasteiger partial charge in [-0.25, -0.2) is 0 Å². The molecule has 0 aliphatic heterocycles. The number of carbonyl (C=O) groups excluding carboxylic acids is 1. The molecule has 2 aromatic rings. The van der Waals surface area contributed by atoms with Gasteiger partial charge in [0.15, 0.2) is 5.78 Å². The van der Waals surface area contributed by atoms with E-state index in [1.807, 2.05) is 49.4 Å². The fourth-order valence-corrected chi connectivity index (χ4v) is 1.95. The number of aryl methyl sites for hydroxylation is 1. The van der Waals surface area contributed by atoms with E-state index in [2.05, 4.69) is 5.32 Å². The van der Waals surface area contributed by atoms with Crippen LogP contribution in [0.2, 0.25) is 0 Å². The van der Waals surface area contributed by atoms with E-state index in [9.17, 15) is 9.90 Å². The van der Waals surface area contributed by atoms with Crippen molar-refractivity contribution in [2.75, 3.05) is 13.1 Å². The predicted molar refractivity (Wildman–Crippen MR) is 79.8 cm³/mol. The number of aliphatic hydroxyl groups is 1. The molecule has 0 fully saturated rings.